The molecule has 0 fully saturated rings. The van der Waals surface area contributed by atoms with Gasteiger partial charge in [-0.05, 0) is 48.2 Å². The van der Waals surface area contributed by atoms with Gasteiger partial charge in [0.25, 0.3) is 5.56 Å². The van der Waals surface area contributed by atoms with E-state index in [1.165, 1.54) is 10.9 Å². The Labute approximate surface area is 153 Å². The van der Waals surface area contributed by atoms with Gasteiger partial charge in [0.1, 0.15) is 16.5 Å². The Bertz CT molecular complexity index is 964. The molecule has 0 amide bonds. The molecule has 2 aromatic heterocycles. The van der Waals surface area contributed by atoms with Gasteiger partial charge in [-0.1, -0.05) is 11.6 Å². The molecule has 25 heavy (non-hydrogen) atoms. The van der Waals surface area contributed by atoms with E-state index in [1.54, 1.807) is 48.9 Å². The van der Waals surface area contributed by atoms with Crippen LogP contribution in [-0.2, 0) is 0 Å². The third-order valence-corrected chi connectivity index (χ3v) is 4.82. The lowest BCUT2D eigenvalue weighted by Gasteiger charge is -2.08. The third kappa shape index (κ3) is 3.72. The SMILES string of the molecule is COc1ccc(-n2ncc(N/N=C\c3sccc3C)c(Cl)c2=O)cc1. The number of hydrazone groups is 1. The monoisotopic (exact) mass is 374 g/mol. The molecule has 0 aliphatic carbocycles. The van der Waals surface area contributed by atoms with Crippen LogP contribution in [0.3, 0.4) is 0 Å². The fraction of sp³-hybridized carbons (Fsp3) is 0.118. The summed E-state index contributed by atoms with van der Waals surface area (Å²) in [6, 6.07) is 8.97. The Morgan fingerprint density at radius 2 is 2.08 bits per heavy atom. The summed E-state index contributed by atoms with van der Waals surface area (Å²) >= 11 is 7.75. The van der Waals surface area contributed by atoms with E-state index in [1.807, 2.05) is 18.4 Å². The first-order valence-corrected chi connectivity index (χ1v) is 8.61. The van der Waals surface area contributed by atoms with Gasteiger partial charge in [0, 0.05) is 4.88 Å². The summed E-state index contributed by atoms with van der Waals surface area (Å²) in [6.07, 6.45) is 3.15. The van der Waals surface area contributed by atoms with Crippen LogP contribution in [-0.4, -0.2) is 23.1 Å². The predicted octanol–water partition coefficient (Wildman–Crippen LogP) is 3.71. The molecule has 1 aromatic carbocycles. The van der Waals surface area contributed by atoms with Gasteiger partial charge in [-0.15, -0.1) is 11.3 Å². The van der Waals surface area contributed by atoms with E-state index >= 15 is 0 Å². The molecule has 8 heteroatoms. The van der Waals surface area contributed by atoms with Gasteiger partial charge in [0.2, 0.25) is 0 Å². The number of halogens is 1. The molecule has 0 bridgehead atoms. The minimum absolute atomic E-state index is 0.0193. The largest absolute Gasteiger partial charge is 0.497 e. The van der Waals surface area contributed by atoms with Crippen LogP contribution in [0.4, 0.5) is 5.69 Å². The molecule has 0 spiro atoms. The number of hydrogen-bond acceptors (Lipinski definition) is 6. The number of hydrogen-bond donors (Lipinski definition) is 1. The summed E-state index contributed by atoms with van der Waals surface area (Å²) < 4.78 is 6.32. The molecule has 128 valence electrons. The van der Waals surface area contributed by atoms with Gasteiger partial charge in [-0.25, -0.2) is 0 Å². The highest BCUT2D eigenvalue weighted by atomic mass is 35.5. The number of thiophene rings is 1. The number of benzene rings is 1. The standard InChI is InChI=1S/C17H15ClN4O2S/c1-11-7-8-25-15(11)10-19-21-14-9-20-22(17(23)16(14)18)12-3-5-13(24-2)6-4-12/h3-10,21H,1-2H3/b19-10-. The van der Waals surface area contributed by atoms with Crippen LogP contribution in [0.25, 0.3) is 5.69 Å². The fourth-order valence-electron chi connectivity index (χ4n) is 2.10. The van der Waals surface area contributed by atoms with Crippen molar-refractivity contribution in [2.45, 2.75) is 6.92 Å². The van der Waals surface area contributed by atoms with Gasteiger partial charge >= 0.3 is 0 Å². The zero-order valence-corrected chi connectivity index (χ0v) is 15.1. The van der Waals surface area contributed by atoms with E-state index in [4.69, 9.17) is 16.3 Å². The number of aryl methyl sites for hydroxylation is 1. The van der Waals surface area contributed by atoms with Crippen molar-refractivity contribution < 1.29 is 4.74 Å². The van der Waals surface area contributed by atoms with Crippen LogP contribution in [0.15, 0.2) is 51.8 Å². The van der Waals surface area contributed by atoms with Crippen molar-refractivity contribution in [1.82, 2.24) is 9.78 Å². The number of ether oxygens (including phenoxy) is 1. The van der Waals surface area contributed by atoms with Crippen LogP contribution in [0.1, 0.15) is 10.4 Å². The van der Waals surface area contributed by atoms with E-state index in [2.05, 4.69) is 15.6 Å². The van der Waals surface area contributed by atoms with E-state index in [0.29, 0.717) is 17.1 Å². The molecular weight excluding hydrogens is 360 g/mol. The maximum Gasteiger partial charge on any atom is 0.292 e. The lowest BCUT2D eigenvalue weighted by atomic mass is 10.3. The highest BCUT2D eigenvalue weighted by molar-refractivity contribution is 7.11. The molecule has 0 unspecified atom stereocenters. The number of methoxy groups -OCH3 is 1. The summed E-state index contributed by atoms with van der Waals surface area (Å²) in [5.41, 5.74) is 4.41. The molecule has 0 atom stereocenters. The lowest BCUT2D eigenvalue weighted by Crippen LogP contribution is -2.22. The topological polar surface area (TPSA) is 68.5 Å². The summed E-state index contributed by atoms with van der Waals surface area (Å²) in [6.45, 7) is 2.00. The van der Waals surface area contributed by atoms with Crippen molar-refractivity contribution in [2.75, 3.05) is 12.5 Å². The van der Waals surface area contributed by atoms with Crippen molar-refractivity contribution in [1.29, 1.82) is 0 Å². The molecule has 0 radical (unpaired) electrons. The first-order valence-electron chi connectivity index (χ1n) is 7.35. The van der Waals surface area contributed by atoms with E-state index < -0.39 is 5.56 Å². The van der Waals surface area contributed by atoms with Gasteiger partial charge in [-0.3, -0.25) is 10.2 Å². The van der Waals surface area contributed by atoms with Crippen LogP contribution in [0.5, 0.6) is 5.75 Å². The second-order valence-electron chi connectivity index (χ2n) is 5.13. The van der Waals surface area contributed by atoms with Gasteiger partial charge in [0.05, 0.1) is 25.2 Å². The molecule has 2 heterocycles. The van der Waals surface area contributed by atoms with Gasteiger partial charge in [0.15, 0.2) is 0 Å². The second kappa shape index (κ2) is 7.50. The Morgan fingerprint density at radius 1 is 1.32 bits per heavy atom. The number of nitrogens with zero attached hydrogens (tertiary/aromatic N) is 3. The smallest absolute Gasteiger partial charge is 0.292 e. The first kappa shape index (κ1) is 17.2. The number of aromatic nitrogens is 2. The second-order valence-corrected chi connectivity index (χ2v) is 6.45. The Balaban J connectivity index is 1.83. The van der Waals surface area contributed by atoms with Crippen molar-refractivity contribution in [3.63, 3.8) is 0 Å². The van der Waals surface area contributed by atoms with Crippen LogP contribution < -0.4 is 15.7 Å². The fourth-order valence-corrected chi connectivity index (χ4v) is 3.05. The summed E-state index contributed by atoms with van der Waals surface area (Å²) in [7, 11) is 1.58. The quantitative estimate of drug-likeness (QED) is 0.546. The average molecular weight is 375 g/mol. The first-order chi connectivity index (χ1) is 12.1. The van der Waals surface area contributed by atoms with E-state index in [0.717, 1.165) is 10.4 Å². The highest BCUT2D eigenvalue weighted by Crippen LogP contribution is 2.18. The van der Waals surface area contributed by atoms with Gasteiger partial charge in [-0.2, -0.15) is 14.9 Å². The number of nitrogens with one attached hydrogen (secondary N) is 1. The van der Waals surface area contributed by atoms with Crippen LogP contribution >= 0.6 is 22.9 Å². The predicted molar refractivity (Wildman–Crippen MR) is 102 cm³/mol. The Morgan fingerprint density at radius 3 is 2.72 bits per heavy atom. The van der Waals surface area contributed by atoms with Crippen LogP contribution in [0, 0.1) is 6.92 Å². The molecule has 0 saturated carbocycles. The van der Waals surface area contributed by atoms with Crippen LogP contribution in [0.2, 0.25) is 5.02 Å². The van der Waals surface area contributed by atoms with Crippen molar-refractivity contribution in [2.24, 2.45) is 5.10 Å². The maximum atomic E-state index is 12.4. The molecule has 0 saturated heterocycles. The minimum atomic E-state index is -0.431. The van der Waals surface area contributed by atoms with E-state index in [-0.39, 0.29) is 5.02 Å². The summed E-state index contributed by atoms with van der Waals surface area (Å²) in [5.74, 6) is 0.694. The number of rotatable bonds is 5. The maximum absolute atomic E-state index is 12.4. The molecular formula is C17H15ClN4O2S. The molecule has 3 rings (SSSR count). The third-order valence-electron chi connectivity index (χ3n) is 3.50. The van der Waals surface area contributed by atoms with Crippen molar-refractivity contribution >= 4 is 34.8 Å². The molecule has 0 aliphatic rings. The Kier molecular flexibility index (Phi) is 5.16. The van der Waals surface area contributed by atoms with E-state index in [9.17, 15) is 4.79 Å². The van der Waals surface area contributed by atoms with Crippen molar-refractivity contribution in [3.05, 3.63) is 67.7 Å². The summed E-state index contributed by atoms with van der Waals surface area (Å²) in [4.78, 5) is 13.5. The molecule has 1 N–H and O–H groups in total. The molecule has 3 aromatic rings. The Hall–Kier alpha value is -2.64. The van der Waals surface area contributed by atoms with Gasteiger partial charge < -0.3 is 4.74 Å². The molecule has 0 aliphatic heterocycles. The van der Waals surface area contributed by atoms with Crippen molar-refractivity contribution in [3.8, 4) is 11.4 Å². The molecule has 6 nitrogen and oxygen atoms in total. The lowest BCUT2D eigenvalue weighted by molar-refractivity contribution is 0.414. The minimum Gasteiger partial charge on any atom is -0.497 e. The zero-order chi connectivity index (χ0) is 17.8. The normalized spacial score (nSPS) is 11.0. The number of anilines is 1. The highest BCUT2D eigenvalue weighted by Gasteiger charge is 2.10. The summed E-state index contributed by atoms with van der Waals surface area (Å²) in [5, 5.41) is 10.3. The average Bonchev–Trinajstić information content (AvgIpc) is 3.04. The zero-order valence-electron chi connectivity index (χ0n) is 13.6.